The molecule has 0 radical (unpaired) electrons. The molecule has 3 rings (SSSR count). The fourth-order valence-corrected chi connectivity index (χ4v) is 3.29. The lowest BCUT2D eigenvalue weighted by Crippen LogP contribution is -2.07. The van der Waals surface area contributed by atoms with Gasteiger partial charge in [-0.15, -0.1) is 0 Å². The van der Waals surface area contributed by atoms with Crippen molar-refractivity contribution in [3.05, 3.63) is 70.4 Å². The quantitative estimate of drug-likeness (QED) is 0.671. The maximum absolute atomic E-state index is 12.8. The van der Waals surface area contributed by atoms with Crippen molar-refractivity contribution in [3.63, 3.8) is 0 Å². The van der Waals surface area contributed by atoms with Gasteiger partial charge in [0.05, 0.1) is 5.56 Å². The Labute approximate surface area is 138 Å². The van der Waals surface area contributed by atoms with Gasteiger partial charge >= 0.3 is 0 Å². The van der Waals surface area contributed by atoms with Gasteiger partial charge in [0.1, 0.15) is 17.1 Å². The van der Waals surface area contributed by atoms with Crippen LogP contribution in [0.5, 0.6) is 0 Å². The molecule has 0 N–H and O–H groups in total. The Morgan fingerprint density at radius 1 is 1.13 bits per heavy atom. The second-order valence-corrected chi connectivity index (χ2v) is 7.88. The molecule has 23 heavy (non-hydrogen) atoms. The standard InChI is InChI=1S/C17H13ClO4S/c1-23(20,21)10-15-16(17(19)11-5-3-2-4-6-11)13-8-7-12(18)9-14(13)22-15/h2-9H,10H2,1H3. The molecule has 0 saturated heterocycles. The smallest absolute Gasteiger partial charge is 0.197 e. The van der Waals surface area contributed by atoms with Crippen molar-refractivity contribution < 1.29 is 17.6 Å². The fourth-order valence-electron chi connectivity index (χ4n) is 2.44. The van der Waals surface area contributed by atoms with Gasteiger partial charge < -0.3 is 4.42 Å². The molecule has 0 bridgehead atoms. The van der Waals surface area contributed by atoms with Crippen LogP contribution in [0, 0.1) is 0 Å². The molecule has 3 aromatic rings. The van der Waals surface area contributed by atoms with Gasteiger partial charge in [0.2, 0.25) is 0 Å². The molecule has 0 fully saturated rings. The lowest BCUT2D eigenvalue weighted by atomic mass is 10.0. The van der Waals surface area contributed by atoms with E-state index in [2.05, 4.69) is 0 Å². The number of hydrogen-bond donors (Lipinski definition) is 0. The van der Waals surface area contributed by atoms with Gasteiger partial charge in [0.15, 0.2) is 15.6 Å². The van der Waals surface area contributed by atoms with E-state index in [9.17, 15) is 13.2 Å². The number of ketones is 1. The van der Waals surface area contributed by atoms with E-state index in [1.54, 1.807) is 48.5 Å². The summed E-state index contributed by atoms with van der Waals surface area (Å²) < 4.78 is 28.9. The summed E-state index contributed by atoms with van der Waals surface area (Å²) in [5.41, 5.74) is 1.14. The maximum atomic E-state index is 12.8. The molecule has 0 saturated carbocycles. The molecule has 4 nitrogen and oxygen atoms in total. The fraction of sp³-hybridized carbons (Fsp3) is 0.118. The van der Waals surface area contributed by atoms with Gasteiger partial charge in [-0.3, -0.25) is 4.79 Å². The number of furan rings is 1. The number of carbonyl (C=O) groups is 1. The van der Waals surface area contributed by atoms with Gasteiger partial charge in [-0.25, -0.2) is 8.42 Å². The third-order valence-electron chi connectivity index (χ3n) is 3.38. The first kappa shape index (κ1) is 15.8. The molecule has 0 atom stereocenters. The molecule has 0 spiro atoms. The minimum Gasteiger partial charge on any atom is -0.459 e. The summed E-state index contributed by atoms with van der Waals surface area (Å²) in [6.07, 6.45) is 1.10. The predicted octanol–water partition coefficient (Wildman–Crippen LogP) is 3.86. The molecule has 0 aliphatic heterocycles. The molecule has 0 aliphatic rings. The third-order valence-corrected chi connectivity index (χ3v) is 4.40. The Kier molecular flexibility index (Phi) is 4.00. The van der Waals surface area contributed by atoms with E-state index in [1.807, 2.05) is 0 Å². The Bertz CT molecular complexity index is 988. The molecule has 0 amide bonds. The van der Waals surface area contributed by atoms with Gasteiger partial charge in [-0.05, 0) is 12.1 Å². The summed E-state index contributed by atoms with van der Waals surface area (Å²) in [6, 6.07) is 13.6. The van der Waals surface area contributed by atoms with Crippen LogP contribution in [0.2, 0.25) is 5.02 Å². The van der Waals surface area contributed by atoms with Crippen molar-refractivity contribution in [1.29, 1.82) is 0 Å². The average molecular weight is 349 g/mol. The molecular weight excluding hydrogens is 336 g/mol. The zero-order valence-electron chi connectivity index (χ0n) is 12.2. The summed E-state index contributed by atoms with van der Waals surface area (Å²) in [4.78, 5) is 12.8. The van der Waals surface area contributed by atoms with E-state index >= 15 is 0 Å². The summed E-state index contributed by atoms with van der Waals surface area (Å²) in [6.45, 7) is 0. The van der Waals surface area contributed by atoms with Gasteiger partial charge in [0.25, 0.3) is 0 Å². The number of rotatable bonds is 4. The van der Waals surface area contributed by atoms with Crippen LogP contribution < -0.4 is 0 Å². The Balaban J connectivity index is 2.24. The van der Waals surface area contributed by atoms with Crippen LogP contribution in [0.15, 0.2) is 52.9 Å². The highest BCUT2D eigenvalue weighted by molar-refractivity contribution is 7.89. The zero-order valence-corrected chi connectivity index (χ0v) is 13.8. The number of carbonyl (C=O) groups excluding carboxylic acids is 1. The Morgan fingerprint density at radius 2 is 1.83 bits per heavy atom. The molecule has 118 valence electrons. The summed E-state index contributed by atoms with van der Waals surface area (Å²) in [5.74, 6) is -0.475. The third kappa shape index (κ3) is 3.30. The Hall–Kier alpha value is -2.11. The van der Waals surface area contributed by atoms with Crippen molar-refractivity contribution in [1.82, 2.24) is 0 Å². The van der Waals surface area contributed by atoms with Crippen molar-refractivity contribution in [2.24, 2.45) is 0 Å². The van der Waals surface area contributed by atoms with Crippen molar-refractivity contribution in [3.8, 4) is 0 Å². The highest BCUT2D eigenvalue weighted by atomic mass is 35.5. The van der Waals surface area contributed by atoms with Crippen molar-refractivity contribution >= 4 is 38.2 Å². The molecule has 1 aromatic heterocycles. The molecule has 0 unspecified atom stereocenters. The van der Waals surface area contributed by atoms with Crippen LogP contribution in [0.4, 0.5) is 0 Å². The minimum absolute atomic E-state index is 0.138. The monoisotopic (exact) mass is 348 g/mol. The first-order valence-corrected chi connectivity index (χ1v) is 9.27. The largest absolute Gasteiger partial charge is 0.459 e. The van der Waals surface area contributed by atoms with Crippen LogP contribution in [-0.4, -0.2) is 20.5 Å². The molecule has 1 heterocycles. The first-order chi connectivity index (χ1) is 10.8. The van der Waals surface area contributed by atoms with Crippen molar-refractivity contribution in [2.75, 3.05) is 6.26 Å². The second-order valence-electron chi connectivity index (χ2n) is 5.31. The highest BCUT2D eigenvalue weighted by Crippen LogP contribution is 2.31. The minimum atomic E-state index is -3.35. The average Bonchev–Trinajstić information content (AvgIpc) is 2.82. The van der Waals surface area contributed by atoms with Crippen LogP contribution in [0.25, 0.3) is 11.0 Å². The van der Waals surface area contributed by atoms with E-state index in [-0.39, 0.29) is 22.9 Å². The topological polar surface area (TPSA) is 64.3 Å². The normalized spacial score (nSPS) is 11.7. The van der Waals surface area contributed by atoms with E-state index in [0.29, 0.717) is 21.6 Å². The number of sulfone groups is 1. The van der Waals surface area contributed by atoms with E-state index in [0.717, 1.165) is 6.26 Å². The van der Waals surface area contributed by atoms with Gasteiger partial charge in [-0.2, -0.15) is 0 Å². The maximum Gasteiger partial charge on any atom is 0.197 e. The highest BCUT2D eigenvalue weighted by Gasteiger charge is 2.24. The van der Waals surface area contributed by atoms with E-state index in [1.165, 1.54) is 0 Å². The number of fused-ring (bicyclic) bond motifs is 1. The first-order valence-electron chi connectivity index (χ1n) is 6.83. The van der Waals surface area contributed by atoms with E-state index in [4.69, 9.17) is 16.0 Å². The van der Waals surface area contributed by atoms with E-state index < -0.39 is 9.84 Å². The van der Waals surface area contributed by atoms with Crippen LogP contribution >= 0.6 is 11.6 Å². The summed E-state index contributed by atoms with van der Waals surface area (Å²) in [7, 11) is -3.35. The molecule has 0 aliphatic carbocycles. The number of halogens is 1. The lowest BCUT2D eigenvalue weighted by molar-refractivity contribution is 0.103. The predicted molar refractivity (Wildman–Crippen MR) is 89.6 cm³/mol. The van der Waals surface area contributed by atoms with Crippen LogP contribution in [0.3, 0.4) is 0 Å². The number of benzene rings is 2. The molecular formula is C17H13ClO4S. The summed E-state index contributed by atoms with van der Waals surface area (Å²) >= 11 is 5.95. The lowest BCUT2D eigenvalue weighted by Gasteiger charge is -2.02. The van der Waals surface area contributed by atoms with Crippen LogP contribution in [-0.2, 0) is 15.6 Å². The van der Waals surface area contributed by atoms with Gasteiger partial charge in [-0.1, -0.05) is 41.9 Å². The number of hydrogen-bond acceptors (Lipinski definition) is 4. The molecule has 2 aromatic carbocycles. The zero-order chi connectivity index (χ0) is 16.6. The van der Waals surface area contributed by atoms with Crippen LogP contribution in [0.1, 0.15) is 21.7 Å². The van der Waals surface area contributed by atoms with Crippen molar-refractivity contribution in [2.45, 2.75) is 5.75 Å². The van der Waals surface area contributed by atoms with Gasteiger partial charge in [0, 0.05) is 28.3 Å². The SMILES string of the molecule is CS(=O)(=O)Cc1oc2cc(Cl)ccc2c1C(=O)c1ccccc1. The molecule has 6 heteroatoms. The second kappa shape index (κ2) is 5.83. The summed E-state index contributed by atoms with van der Waals surface area (Å²) in [5, 5.41) is 1.01. The Morgan fingerprint density at radius 3 is 2.48 bits per heavy atom.